The van der Waals surface area contributed by atoms with E-state index in [0.717, 1.165) is 0 Å². The summed E-state index contributed by atoms with van der Waals surface area (Å²) in [6, 6.07) is 0. The molecule has 0 atom stereocenters. The molecule has 0 aliphatic carbocycles. The summed E-state index contributed by atoms with van der Waals surface area (Å²) in [4.78, 5) is 8.15. The third-order valence-electron chi connectivity index (χ3n) is 0.187. The number of carboxylic acids is 1. The summed E-state index contributed by atoms with van der Waals surface area (Å²) < 4.78 is 0. The molecule has 0 bridgehead atoms. The van der Waals surface area contributed by atoms with E-state index in [1.807, 2.05) is 0 Å². The van der Waals surface area contributed by atoms with Gasteiger partial charge in [-0.05, 0) is 0 Å². The van der Waals surface area contributed by atoms with Crippen molar-refractivity contribution in [3.63, 3.8) is 0 Å². The van der Waals surface area contributed by atoms with Gasteiger partial charge in [0.05, 0.1) is 0 Å². The van der Waals surface area contributed by atoms with E-state index in [9.17, 15) is 4.79 Å². The second-order valence-corrected chi connectivity index (χ2v) is 1.74. The smallest absolute Gasteiger partial charge is 0.337 e. The van der Waals surface area contributed by atoms with Gasteiger partial charge < -0.3 is 5.11 Å². The number of hydrogen-bond acceptors (Lipinski definition) is 1. The van der Waals surface area contributed by atoms with Gasteiger partial charge in [-0.15, -0.1) is 0 Å². The van der Waals surface area contributed by atoms with Crippen molar-refractivity contribution in [1.82, 2.24) is 0 Å². The second kappa shape index (κ2) is 4.94. The fraction of sp³-hybridized carbons (Fsp3) is 0.500. The maximum Gasteiger partial charge on any atom is 0.337 e. The monoisotopic (exact) mass is 235 g/mol. The summed E-state index contributed by atoms with van der Waals surface area (Å²) in [5, 5.41) is 7.73. The molecule has 0 aromatic heterocycles. The fourth-order valence-corrected chi connectivity index (χ4v) is 0. The van der Waals surface area contributed by atoms with E-state index < -0.39 is 10.8 Å². The fourth-order valence-electron chi connectivity index (χ4n) is 0. The molecular weight excluding hydrogens is 235 g/mol. The van der Waals surface area contributed by atoms with E-state index in [4.69, 9.17) is 28.3 Å². The first-order chi connectivity index (χ1) is 2.64. The van der Waals surface area contributed by atoms with Gasteiger partial charge in [0.2, 0.25) is 4.84 Å². The SMILES string of the molecule is O=C(O)C(Cl)Cl.[Ag]. The van der Waals surface area contributed by atoms with Crippen molar-refractivity contribution in [3.8, 4) is 0 Å². The number of carbonyl (C=O) groups is 1. The first kappa shape index (κ1) is 10.7. The number of hydrogen-bond donors (Lipinski definition) is 1. The van der Waals surface area contributed by atoms with Gasteiger partial charge in [-0.1, -0.05) is 23.2 Å². The number of alkyl halides is 2. The van der Waals surface area contributed by atoms with Crippen molar-refractivity contribution >= 4 is 29.2 Å². The summed E-state index contributed by atoms with van der Waals surface area (Å²) >= 11 is 9.56. The Morgan fingerprint density at radius 2 is 1.71 bits per heavy atom. The van der Waals surface area contributed by atoms with E-state index in [-0.39, 0.29) is 22.4 Å². The van der Waals surface area contributed by atoms with E-state index >= 15 is 0 Å². The minimum Gasteiger partial charge on any atom is -0.479 e. The Kier molecular flexibility index (Phi) is 7.56. The molecule has 0 aliphatic heterocycles. The van der Waals surface area contributed by atoms with E-state index in [1.54, 1.807) is 0 Å². The van der Waals surface area contributed by atoms with Crippen molar-refractivity contribution in [2.45, 2.75) is 4.84 Å². The standard InChI is InChI=1S/C2H2Cl2O2.Ag/c3-1(4)2(5)6;/h1H,(H,5,6);. The normalized spacial score (nSPS) is 7.86. The summed E-state index contributed by atoms with van der Waals surface area (Å²) in [7, 11) is 0. The quantitative estimate of drug-likeness (QED) is 0.542. The number of halogens is 2. The first-order valence-corrected chi connectivity index (χ1v) is 2.03. The zero-order chi connectivity index (χ0) is 5.15. The van der Waals surface area contributed by atoms with Gasteiger partial charge in [-0.2, -0.15) is 0 Å². The molecule has 0 unspecified atom stereocenters. The van der Waals surface area contributed by atoms with Gasteiger partial charge in [0.15, 0.2) is 0 Å². The molecule has 7 heavy (non-hydrogen) atoms. The zero-order valence-corrected chi connectivity index (χ0v) is 5.98. The minimum absolute atomic E-state index is 0. The molecule has 5 heteroatoms. The van der Waals surface area contributed by atoms with Crippen LogP contribution in [0.2, 0.25) is 0 Å². The molecule has 2 nitrogen and oxygen atoms in total. The molecule has 0 heterocycles. The maximum atomic E-state index is 9.44. The molecule has 0 aromatic carbocycles. The number of rotatable bonds is 1. The van der Waals surface area contributed by atoms with Gasteiger partial charge in [0, 0.05) is 22.4 Å². The van der Waals surface area contributed by atoms with Crippen LogP contribution in [-0.2, 0) is 27.2 Å². The van der Waals surface area contributed by atoms with Gasteiger partial charge in [0.1, 0.15) is 0 Å². The van der Waals surface area contributed by atoms with Gasteiger partial charge in [-0.25, -0.2) is 4.79 Å². The molecule has 0 aliphatic rings. The van der Waals surface area contributed by atoms with Crippen LogP contribution in [0.3, 0.4) is 0 Å². The first-order valence-electron chi connectivity index (χ1n) is 1.15. The molecule has 0 spiro atoms. The van der Waals surface area contributed by atoms with Crippen LogP contribution in [0, 0.1) is 0 Å². The molecular formula is C2H2AgCl2O2. The second-order valence-electron chi connectivity index (χ2n) is 0.639. The van der Waals surface area contributed by atoms with Crippen LogP contribution >= 0.6 is 23.2 Å². The molecule has 0 aromatic rings. The minimum atomic E-state index is -1.29. The zero-order valence-electron chi connectivity index (χ0n) is 2.99. The molecule has 0 rings (SSSR count). The molecule has 1 N–H and O–H groups in total. The Balaban J connectivity index is 0. The third kappa shape index (κ3) is 6.79. The van der Waals surface area contributed by atoms with Crippen LogP contribution in [0.5, 0.6) is 0 Å². The molecule has 0 fully saturated rings. The average Bonchev–Trinajstić information content (AvgIpc) is 1.36. The van der Waals surface area contributed by atoms with E-state index in [1.165, 1.54) is 0 Å². The predicted octanol–water partition coefficient (Wildman–Crippen LogP) is 0.872. The topological polar surface area (TPSA) is 37.3 Å². The molecule has 0 saturated carbocycles. The van der Waals surface area contributed by atoms with Gasteiger partial charge in [-0.3, -0.25) is 0 Å². The number of aliphatic carboxylic acids is 1. The Morgan fingerprint density at radius 3 is 1.71 bits per heavy atom. The Morgan fingerprint density at radius 1 is 1.57 bits per heavy atom. The van der Waals surface area contributed by atoms with E-state index in [0.29, 0.717) is 0 Å². The summed E-state index contributed by atoms with van der Waals surface area (Å²) in [5.41, 5.74) is 0. The van der Waals surface area contributed by atoms with Crippen molar-refractivity contribution in [2.75, 3.05) is 0 Å². The van der Waals surface area contributed by atoms with Crippen molar-refractivity contribution in [1.29, 1.82) is 0 Å². The summed E-state index contributed by atoms with van der Waals surface area (Å²) in [6.07, 6.45) is 0. The van der Waals surface area contributed by atoms with Crippen LogP contribution in [0.1, 0.15) is 0 Å². The Hall–Kier alpha value is 0.790. The maximum absolute atomic E-state index is 9.44. The van der Waals surface area contributed by atoms with Crippen LogP contribution in [0.4, 0.5) is 0 Å². The summed E-state index contributed by atoms with van der Waals surface area (Å²) in [6.45, 7) is 0. The largest absolute Gasteiger partial charge is 0.479 e. The summed E-state index contributed by atoms with van der Waals surface area (Å²) in [5.74, 6) is -1.21. The number of carboxylic acid groups (broad SMARTS) is 1. The van der Waals surface area contributed by atoms with Crippen molar-refractivity contribution in [3.05, 3.63) is 0 Å². The van der Waals surface area contributed by atoms with Gasteiger partial charge >= 0.3 is 5.97 Å². The van der Waals surface area contributed by atoms with E-state index in [2.05, 4.69) is 0 Å². The van der Waals surface area contributed by atoms with Gasteiger partial charge in [0.25, 0.3) is 0 Å². The van der Waals surface area contributed by atoms with Crippen LogP contribution in [0.15, 0.2) is 0 Å². The molecule has 0 amide bonds. The van der Waals surface area contributed by atoms with Crippen LogP contribution < -0.4 is 0 Å². The van der Waals surface area contributed by atoms with Crippen LogP contribution in [-0.4, -0.2) is 15.9 Å². The van der Waals surface area contributed by atoms with Crippen molar-refractivity contribution < 1.29 is 32.3 Å². The molecule has 0 saturated heterocycles. The predicted molar refractivity (Wildman–Crippen MR) is 23.1 cm³/mol. The third-order valence-corrected chi connectivity index (χ3v) is 0.560. The Labute approximate surface area is 66.3 Å². The molecule has 1 radical (unpaired) electrons. The Bertz CT molecular complexity index is 64.7. The van der Waals surface area contributed by atoms with Crippen LogP contribution in [0.25, 0.3) is 0 Å². The average molecular weight is 237 g/mol. The molecule has 47 valence electrons. The van der Waals surface area contributed by atoms with Crippen molar-refractivity contribution in [2.24, 2.45) is 0 Å².